The molecule has 11 heteroatoms. The van der Waals surface area contributed by atoms with Gasteiger partial charge in [0, 0.05) is 17.7 Å². The lowest BCUT2D eigenvalue weighted by Gasteiger charge is -2.35. The number of hydrogen-bond donors (Lipinski definition) is 0. The third-order valence-electron chi connectivity index (χ3n) is 9.79. The topological polar surface area (TPSA) is 108 Å². The van der Waals surface area contributed by atoms with Crippen molar-refractivity contribution in [3.8, 4) is 5.88 Å². The van der Waals surface area contributed by atoms with Crippen LogP contribution in [-0.4, -0.2) is 54.5 Å². The molecule has 6 rings (SSSR count). The maximum atomic E-state index is 14.7. The van der Waals surface area contributed by atoms with Crippen LogP contribution in [0, 0.1) is 17.3 Å². The number of halogens is 1. The van der Waals surface area contributed by atoms with E-state index in [1.54, 1.807) is 14.0 Å². The number of aromatic nitrogens is 2. The summed E-state index contributed by atoms with van der Waals surface area (Å²) in [5, 5.41) is -0.479. The number of nitrogens with zero attached hydrogens (tertiary/aromatic N) is 3. The van der Waals surface area contributed by atoms with Crippen molar-refractivity contribution >= 4 is 16.0 Å². The summed E-state index contributed by atoms with van der Waals surface area (Å²) >= 11 is 0. The van der Waals surface area contributed by atoms with E-state index >= 15 is 0 Å². The highest BCUT2D eigenvalue weighted by Gasteiger charge is 2.62. The summed E-state index contributed by atoms with van der Waals surface area (Å²) in [7, 11) is -3.00. The first kappa shape index (κ1) is 33.5. The van der Waals surface area contributed by atoms with Crippen molar-refractivity contribution in [3.05, 3.63) is 82.9 Å². The van der Waals surface area contributed by atoms with E-state index in [0.717, 1.165) is 54.0 Å². The van der Waals surface area contributed by atoms with Crippen LogP contribution in [0.15, 0.2) is 59.8 Å². The third-order valence-corrected chi connectivity index (χ3v) is 11.6. The SMILES string of the molecule is CCOC(=O)[C@@H]1[C@@H](C(C)(C)C)[C@H](OCc2cc(C3CCC3)cnc2OC)[C@H](c2ccccc2C2CC2)N1S(=O)(=O)c1cccc(F)n1. The van der Waals surface area contributed by atoms with E-state index in [2.05, 4.69) is 16.0 Å². The molecule has 1 aliphatic heterocycles. The number of carbonyl (C=O) groups is 1. The zero-order valence-corrected chi connectivity index (χ0v) is 28.5. The van der Waals surface area contributed by atoms with Gasteiger partial charge < -0.3 is 14.2 Å². The van der Waals surface area contributed by atoms with E-state index in [-0.39, 0.29) is 19.1 Å². The van der Waals surface area contributed by atoms with E-state index in [1.165, 1.54) is 22.9 Å². The summed E-state index contributed by atoms with van der Waals surface area (Å²) in [6, 6.07) is 11.3. The summed E-state index contributed by atoms with van der Waals surface area (Å²) in [6.07, 6.45) is 6.40. The molecule has 0 unspecified atom stereocenters. The van der Waals surface area contributed by atoms with Crippen LogP contribution in [0.2, 0.25) is 0 Å². The first-order valence-electron chi connectivity index (χ1n) is 16.5. The van der Waals surface area contributed by atoms with Crippen molar-refractivity contribution in [1.82, 2.24) is 14.3 Å². The van der Waals surface area contributed by atoms with Gasteiger partial charge in [0.1, 0.15) is 6.04 Å². The molecule has 0 N–H and O–H groups in total. The Kier molecular flexibility index (Phi) is 9.43. The predicted molar refractivity (Wildman–Crippen MR) is 174 cm³/mol. The number of ether oxygens (including phenoxy) is 3. The van der Waals surface area contributed by atoms with E-state index in [1.807, 2.05) is 51.2 Å². The van der Waals surface area contributed by atoms with Gasteiger partial charge in [0.05, 0.1) is 32.5 Å². The van der Waals surface area contributed by atoms with Gasteiger partial charge in [-0.15, -0.1) is 0 Å². The lowest BCUT2D eigenvalue weighted by atomic mass is 9.73. The number of carbonyl (C=O) groups excluding carboxylic acids is 1. The summed E-state index contributed by atoms with van der Waals surface area (Å²) in [5.41, 5.74) is 3.01. The molecule has 3 aromatic rings. The minimum absolute atomic E-state index is 0.0595. The summed E-state index contributed by atoms with van der Waals surface area (Å²) in [4.78, 5) is 22.4. The van der Waals surface area contributed by atoms with Crippen LogP contribution in [-0.2, 0) is 30.9 Å². The summed E-state index contributed by atoms with van der Waals surface area (Å²) in [5.74, 6) is -1.13. The molecule has 2 aliphatic carbocycles. The van der Waals surface area contributed by atoms with Gasteiger partial charge in [-0.05, 0) is 84.7 Å². The van der Waals surface area contributed by atoms with Gasteiger partial charge in [0.25, 0.3) is 10.0 Å². The van der Waals surface area contributed by atoms with Crippen molar-refractivity contribution in [3.63, 3.8) is 0 Å². The van der Waals surface area contributed by atoms with E-state index in [4.69, 9.17) is 14.2 Å². The highest BCUT2D eigenvalue weighted by atomic mass is 32.2. The van der Waals surface area contributed by atoms with Crippen molar-refractivity contribution in [1.29, 1.82) is 0 Å². The zero-order chi connectivity index (χ0) is 33.5. The Labute approximate surface area is 276 Å². The second-order valence-corrected chi connectivity index (χ2v) is 15.7. The molecule has 47 heavy (non-hydrogen) atoms. The molecule has 0 radical (unpaired) electrons. The second-order valence-electron chi connectivity index (χ2n) is 13.9. The molecule has 0 spiro atoms. The Bertz CT molecular complexity index is 1720. The number of esters is 1. The standard InChI is InChI=1S/C36H44FN3O6S/c1-6-45-35(41)32-30(36(2,3)4)33(46-21-25-19-24(22-11-9-12-22)20-38-34(25)44-5)31(27-14-8-7-13-26(27)23-17-18-23)40(32)47(42,43)29-16-10-15-28(37)39-29/h7-8,10,13-16,19-20,22-23,30-33H,6,9,11-12,17-18,21H2,1-5H3/t30-,31+,32+,33+/m1/s1. The molecule has 2 saturated carbocycles. The average molecular weight is 666 g/mol. The number of methoxy groups -OCH3 is 1. The maximum absolute atomic E-state index is 14.7. The van der Waals surface area contributed by atoms with Crippen molar-refractivity contribution in [2.45, 2.75) is 101 Å². The molecular weight excluding hydrogens is 621 g/mol. The molecule has 3 fully saturated rings. The fourth-order valence-corrected chi connectivity index (χ4v) is 8.96. The van der Waals surface area contributed by atoms with Gasteiger partial charge in [0.2, 0.25) is 11.8 Å². The molecule has 1 aromatic carbocycles. The Morgan fingerprint density at radius 2 is 1.74 bits per heavy atom. The first-order valence-corrected chi connectivity index (χ1v) is 18.0. The smallest absolute Gasteiger partial charge is 0.324 e. The normalized spacial score (nSPS) is 23.8. The molecule has 2 aromatic heterocycles. The largest absolute Gasteiger partial charge is 0.481 e. The Hall–Kier alpha value is -3.41. The fourth-order valence-electron chi connectivity index (χ4n) is 7.25. The molecule has 4 atom stereocenters. The van der Waals surface area contributed by atoms with Crippen LogP contribution in [0.25, 0.3) is 0 Å². The molecular formula is C36H44FN3O6S. The second kappa shape index (κ2) is 13.2. The van der Waals surface area contributed by atoms with Crippen LogP contribution in [0.1, 0.15) is 99.9 Å². The average Bonchev–Trinajstić information content (AvgIpc) is 3.79. The number of sulfonamides is 1. The van der Waals surface area contributed by atoms with Gasteiger partial charge in [-0.2, -0.15) is 8.70 Å². The number of hydrogen-bond acceptors (Lipinski definition) is 8. The van der Waals surface area contributed by atoms with E-state index in [9.17, 15) is 17.6 Å². The van der Waals surface area contributed by atoms with Gasteiger partial charge in [-0.1, -0.05) is 57.5 Å². The third kappa shape index (κ3) is 6.54. The number of benzene rings is 1. The number of rotatable bonds is 11. The summed E-state index contributed by atoms with van der Waals surface area (Å²) < 4.78 is 63.3. The van der Waals surface area contributed by atoms with E-state index < -0.39 is 56.5 Å². The van der Waals surface area contributed by atoms with Crippen LogP contribution in [0.3, 0.4) is 0 Å². The van der Waals surface area contributed by atoms with Gasteiger partial charge in [0.15, 0.2) is 5.03 Å². The fraction of sp³-hybridized carbons (Fsp3) is 0.528. The van der Waals surface area contributed by atoms with Gasteiger partial charge >= 0.3 is 5.97 Å². The number of pyridine rings is 2. The van der Waals surface area contributed by atoms with Crippen LogP contribution in [0.5, 0.6) is 5.88 Å². The van der Waals surface area contributed by atoms with Crippen LogP contribution < -0.4 is 4.74 Å². The van der Waals surface area contributed by atoms with Crippen LogP contribution in [0.4, 0.5) is 4.39 Å². The van der Waals surface area contributed by atoms with Crippen molar-refractivity contribution < 1.29 is 31.8 Å². The molecule has 1 saturated heterocycles. The lowest BCUT2D eigenvalue weighted by molar-refractivity contribution is -0.150. The van der Waals surface area contributed by atoms with Gasteiger partial charge in [-0.3, -0.25) is 4.79 Å². The molecule has 252 valence electrons. The molecule has 3 heterocycles. The van der Waals surface area contributed by atoms with Gasteiger partial charge in [-0.25, -0.2) is 18.4 Å². The Morgan fingerprint density at radius 1 is 1.02 bits per heavy atom. The first-order chi connectivity index (χ1) is 22.5. The van der Waals surface area contributed by atoms with Crippen molar-refractivity contribution in [2.75, 3.05) is 13.7 Å². The predicted octanol–water partition coefficient (Wildman–Crippen LogP) is 6.69. The Morgan fingerprint density at radius 3 is 2.34 bits per heavy atom. The summed E-state index contributed by atoms with van der Waals surface area (Å²) in [6.45, 7) is 7.75. The maximum Gasteiger partial charge on any atom is 0.324 e. The Balaban J connectivity index is 1.53. The van der Waals surface area contributed by atoms with Crippen molar-refractivity contribution in [2.24, 2.45) is 11.3 Å². The highest BCUT2D eigenvalue weighted by Crippen LogP contribution is 2.54. The molecule has 3 aliphatic rings. The molecule has 0 bridgehead atoms. The minimum Gasteiger partial charge on any atom is -0.481 e. The monoisotopic (exact) mass is 665 g/mol. The van der Waals surface area contributed by atoms with Crippen LogP contribution >= 0.6 is 0 Å². The highest BCUT2D eigenvalue weighted by molar-refractivity contribution is 7.89. The minimum atomic E-state index is -4.56. The quantitative estimate of drug-likeness (QED) is 0.165. The zero-order valence-electron chi connectivity index (χ0n) is 27.7. The lowest BCUT2D eigenvalue weighted by Crippen LogP contribution is -2.48. The van der Waals surface area contributed by atoms with E-state index in [0.29, 0.717) is 11.8 Å². The molecule has 0 amide bonds. The molecule has 9 nitrogen and oxygen atoms in total.